The highest BCUT2D eigenvalue weighted by atomic mass is 79.9. The zero-order valence-corrected chi connectivity index (χ0v) is 16.8. The van der Waals surface area contributed by atoms with Crippen LogP contribution in [-0.4, -0.2) is 15.7 Å². The van der Waals surface area contributed by atoms with Gasteiger partial charge in [0.2, 0.25) is 0 Å². The SMILES string of the molecule is Cc1cc(-c2ccccc2)n(-c2ccc(C(=O)Nc3ccc(Br)cc3)cc2)n1. The van der Waals surface area contributed by atoms with Gasteiger partial charge in [-0.1, -0.05) is 46.3 Å². The quantitative estimate of drug-likeness (QED) is 0.439. The van der Waals surface area contributed by atoms with Crippen LogP contribution in [0.5, 0.6) is 0 Å². The molecule has 4 aromatic rings. The first-order valence-electron chi connectivity index (χ1n) is 8.89. The van der Waals surface area contributed by atoms with Gasteiger partial charge in [-0.2, -0.15) is 5.10 Å². The van der Waals surface area contributed by atoms with Crippen LogP contribution in [0.2, 0.25) is 0 Å². The molecule has 0 fully saturated rings. The zero-order valence-electron chi connectivity index (χ0n) is 15.3. The van der Waals surface area contributed by atoms with Crippen molar-refractivity contribution in [2.45, 2.75) is 6.92 Å². The molecular weight excluding hydrogens is 414 g/mol. The van der Waals surface area contributed by atoms with Crippen molar-refractivity contribution in [2.24, 2.45) is 0 Å². The summed E-state index contributed by atoms with van der Waals surface area (Å²) in [5.41, 5.74) is 5.32. The van der Waals surface area contributed by atoms with E-state index in [1.807, 2.05) is 78.3 Å². The fraction of sp³-hybridized carbons (Fsp3) is 0.0435. The Morgan fingerprint density at radius 2 is 1.61 bits per heavy atom. The third kappa shape index (κ3) is 3.89. The van der Waals surface area contributed by atoms with Crippen LogP contribution in [0.3, 0.4) is 0 Å². The number of carbonyl (C=O) groups excluding carboxylic acids is 1. The molecule has 0 spiro atoms. The monoisotopic (exact) mass is 431 g/mol. The van der Waals surface area contributed by atoms with Gasteiger partial charge in [-0.15, -0.1) is 0 Å². The normalized spacial score (nSPS) is 10.6. The van der Waals surface area contributed by atoms with Crippen LogP contribution >= 0.6 is 15.9 Å². The number of amides is 1. The minimum Gasteiger partial charge on any atom is -0.322 e. The van der Waals surface area contributed by atoms with Gasteiger partial charge in [0.1, 0.15) is 0 Å². The molecular formula is C23H18BrN3O. The maximum atomic E-state index is 12.5. The van der Waals surface area contributed by atoms with Gasteiger partial charge in [-0.3, -0.25) is 4.79 Å². The van der Waals surface area contributed by atoms with Crippen molar-refractivity contribution in [3.05, 3.63) is 101 Å². The molecule has 1 amide bonds. The number of aryl methyl sites for hydroxylation is 1. The van der Waals surface area contributed by atoms with Gasteiger partial charge < -0.3 is 5.32 Å². The molecule has 0 aliphatic heterocycles. The van der Waals surface area contributed by atoms with Gasteiger partial charge in [0, 0.05) is 21.3 Å². The third-order valence-corrected chi connectivity index (χ3v) is 4.91. The molecule has 3 aromatic carbocycles. The smallest absolute Gasteiger partial charge is 0.255 e. The number of nitrogens with one attached hydrogen (secondary N) is 1. The first-order chi connectivity index (χ1) is 13.6. The van der Waals surface area contributed by atoms with Crippen LogP contribution in [0.15, 0.2) is 89.4 Å². The number of benzene rings is 3. The lowest BCUT2D eigenvalue weighted by Gasteiger charge is -2.09. The molecule has 4 rings (SSSR count). The van der Waals surface area contributed by atoms with Crippen LogP contribution < -0.4 is 5.32 Å². The van der Waals surface area contributed by atoms with Crippen LogP contribution in [0.1, 0.15) is 16.1 Å². The predicted octanol–water partition coefficient (Wildman–Crippen LogP) is 5.86. The highest BCUT2D eigenvalue weighted by Gasteiger charge is 2.11. The second kappa shape index (κ2) is 7.82. The fourth-order valence-electron chi connectivity index (χ4n) is 3.00. The van der Waals surface area contributed by atoms with Gasteiger partial charge >= 0.3 is 0 Å². The predicted molar refractivity (Wildman–Crippen MR) is 116 cm³/mol. The van der Waals surface area contributed by atoms with Crippen molar-refractivity contribution >= 4 is 27.5 Å². The Balaban J connectivity index is 1.59. The van der Waals surface area contributed by atoms with E-state index in [0.717, 1.165) is 32.8 Å². The lowest BCUT2D eigenvalue weighted by atomic mass is 10.1. The van der Waals surface area contributed by atoms with Gasteiger partial charge in [0.15, 0.2) is 0 Å². The highest BCUT2D eigenvalue weighted by Crippen LogP contribution is 2.24. The third-order valence-electron chi connectivity index (χ3n) is 4.38. The van der Waals surface area contributed by atoms with E-state index < -0.39 is 0 Å². The largest absolute Gasteiger partial charge is 0.322 e. The first-order valence-corrected chi connectivity index (χ1v) is 9.69. The van der Waals surface area contributed by atoms with E-state index >= 15 is 0 Å². The van der Waals surface area contributed by atoms with Gasteiger partial charge in [0.25, 0.3) is 5.91 Å². The molecule has 4 nitrogen and oxygen atoms in total. The van der Waals surface area contributed by atoms with E-state index in [2.05, 4.69) is 44.5 Å². The molecule has 0 saturated heterocycles. The highest BCUT2D eigenvalue weighted by molar-refractivity contribution is 9.10. The minimum absolute atomic E-state index is 0.145. The number of nitrogens with zero attached hydrogens (tertiary/aromatic N) is 2. The number of hydrogen-bond acceptors (Lipinski definition) is 2. The Kier molecular flexibility index (Phi) is 5.08. The van der Waals surface area contributed by atoms with Gasteiger partial charge in [0.05, 0.1) is 17.1 Å². The summed E-state index contributed by atoms with van der Waals surface area (Å²) in [5.74, 6) is -0.145. The van der Waals surface area contributed by atoms with E-state index in [1.54, 1.807) is 0 Å². The second-order valence-corrected chi connectivity index (χ2v) is 7.37. The molecule has 0 saturated carbocycles. The van der Waals surface area contributed by atoms with Crippen LogP contribution in [0, 0.1) is 6.92 Å². The standard InChI is InChI=1S/C23H18BrN3O/c1-16-15-22(17-5-3-2-4-6-17)27(26-16)21-13-7-18(8-14-21)23(28)25-20-11-9-19(24)10-12-20/h2-15H,1H3,(H,25,28). The molecule has 0 radical (unpaired) electrons. The lowest BCUT2D eigenvalue weighted by molar-refractivity contribution is 0.102. The minimum atomic E-state index is -0.145. The topological polar surface area (TPSA) is 46.9 Å². The van der Waals surface area contributed by atoms with Crippen molar-refractivity contribution in [1.29, 1.82) is 0 Å². The van der Waals surface area contributed by atoms with Gasteiger partial charge in [-0.05, 0) is 61.5 Å². The Hall–Kier alpha value is -3.18. The Bertz CT molecular complexity index is 1100. The lowest BCUT2D eigenvalue weighted by Crippen LogP contribution is -2.12. The zero-order chi connectivity index (χ0) is 19.5. The summed E-state index contributed by atoms with van der Waals surface area (Å²) in [6, 6.07) is 27.2. The molecule has 1 aromatic heterocycles. The van der Waals surface area contributed by atoms with Crippen molar-refractivity contribution < 1.29 is 4.79 Å². The van der Waals surface area contributed by atoms with Crippen molar-refractivity contribution in [2.75, 3.05) is 5.32 Å². The summed E-state index contributed by atoms with van der Waals surface area (Å²) in [6.07, 6.45) is 0. The number of anilines is 1. The van der Waals surface area contributed by atoms with E-state index in [-0.39, 0.29) is 5.91 Å². The summed E-state index contributed by atoms with van der Waals surface area (Å²) in [4.78, 5) is 12.5. The average Bonchev–Trinajstić information content (AvgIpc) is 3.12. The van der Waals surface area contributed by atoms with Gasteiger partial charge in [-0.25, -0.2) is 4.68 Å². The Morgan fingerprint density at radius 1 is 0.929 bits per heavy atom. The molecule has 1 N–H and O–H groups in total. The first kappa shape index (κ1) is 18.2. The summed E-state index contributed by atoms with van der Waals surface area (Å²) in [5, 5.41) is 7.52. The van der Waals surface area contributed by atoms with Crippen molar-refractivity contribution in [3.63, 3.8) is 0 Å². The van der Waals surface area contributed by atoms with Crippen LogP contribution in [-0.2, 0) is 0 Å². The summed E-state index contributed by atoms with van der Waals surface area (Å²) in [7, 11) is 0. The molecule has 0 aliphatic rings. The second-order valence-electron chi connectivity index (χ2n) is 6.46. The van der Waals surface area contributed by atoms with Crippen molar-refractivity contribution in [3.8, 4) is 16.9 Å². The molecule has 5 heteroatoms. The maximum Gasteiger partial charge on any atom is 0.255 e. The average molecular weight is 432 g/mol. The molecule has 0 aliphatic carbocycles. The fourth-order valence-corrected chi connectivity index (χ4v) is 3.27. The maximum absolute atomic E-state index is 12.5. The Labute approximate surface area is 172 Å². The van der Waals surface area contributed by atoms with E-state index in [0.29, 0.717) is 5.56 Å². The number of halogens is 1. The molecule has 0 bridgehead atoms. The number of aromatic nitrogens is 2. The molecule has 138 valence electrons. The number of hydrogen-bond donors (Lipinski definition) is 1. The van der Waals surface area contributed by atoms with Crippen molar-refractivity contribution in [1.82, 2.24) is 9.78 Å². The number of carbonyl (C=O) groups is 1. The van der Waals surface area contributed by atoms with Crippen LogP contribution in [0.25, 0.3) is 16.9 Å². The van der Waals surface area contributed by atoms with E-state index in [9.17, 15) is 4.79 Å². The molecule has 0 atom stereocenters. The molecule has 1 heterocycles. The summed E-state index contributed by atoms with van der Waals surface area (Å²) >= 11 is 3.39. The molecule has 28 heavy (non-hydrogen) atoms. The van der Waals surface area contributed by atoms with Crippen LogP contribution in [0.4, 0.5) is 5.69 Å². The summed E-state index contributed by atoms with van der Waals surface area (Å²) < 4.78 is 2.87. The Morgan fingerprint density at radius 3 is 2.29 bits per heavy atom. The van der Waals surface area contributed by atoms with E-state index in [1.165, 1.54) is 0 Å². The number of rotatable bonds is 4. The van der Waals surface area contributed by atoms with E-state index in [4.69, 9.17) is 0 Å². The molecule has 0 unspecified atom stereocenters. The summed E-state index contributed by atoms with van der Waals surface area (Å²) in [6.45, 7) is 1.98.